The third kappa shape index (κ3) is 6.09. The molecule has 202 valence electrons. The van der Waals surface area contributed by atoms with E-state index >= 15 is 0 Å². The van der Waals surface area contributed by atoms with Crippen LogP contribution >= 0.6 is 0 Å². The number of rotatable bonds is 6. The molecule has 1 aliphatic heterocycles. The van der Waals surface area contributed by atoms with E-state index in [9.17, 15) is 31.1 Å². The zero-order valence-corrected chi connectivity index (χ0v) is 20.7. The molecule has 1 fully saturated rings. The number of benzene rings is 2. The van der Waals surface area contributed by atoms with Crippen LogP contribution in [0.1, 0.15) is 48.7 Å². The summed E-state index contributed by atoms with van der Waals surface area (Å²) in [6, 6.07) is 13.6. The van der Waals surface area contributed by atoms with Crippen molar-refractivity contribution in [2.45, 2.75) is 57.4 Å². The van der Waals surface area contributed by atoms with Crippen LogP contribution in [-0.2, 0) is 16.5 Å². The lowest BCUT2D eigenvalue weighted by Crippen LogP contribution is -2.47. The van der Waals surface area contributed by atoms with Gasteiger partial charge >= 0.3 is 12.5 Å². The minimum absolute atomic E-state index is 0.320. The summed E-state index contributed by atoms with van der Waals surface area (Å²) in [5.41, 5.74) is 0.711. The first-order chi connectivity index (χ1) is 17.6. The van der Waals surface area contributed by atoms with Crippen molar-refractivity contribution >= 4 is 11.6 Å². The highest BCUT2D eigenvalue weighted by atomic mass is 19.4. The largest absolute Gasteiger partial charge is 0.573 e. The van der Waals surface area contributed by atoms with Gasteiger partial charge in [0.25, 0.3) is 0 Å². The van der Waals surface area contributed by atoms with Gasteiger partial charge in [-0.05, 0) is 68.7 Å². The van der Waals surface area contributed by atoms with E-state index < -0.39 is 41.6 Å². The molecule has 38 heavy (non-hydrogen) atoms. The molecular formula is C27H25F6N3O2. The summed E-state index contributed by atoms with van der Waals surface area (Å²) in [5, 5.41) is 3.25. The predicted octanol–water partition coefficient (Wildman–Crippen LogP) is 6.68. The molecule has 0 bridgehead atoms. The van der Waals surface area contributed by atoms with Crippen LogP contribution in [0.2, 0.25) is 0 Å². The first-order valence-electron chi connectivity index (χ1n) is 11.7. The number of hydrogen-bond acceptors (Lipinski definition) is 4. The molecule has 1 aliphatic rings. The maximum absolute atomic E-state index is 13.7. The third-order valence-corrected chi connectivity index (χ3v) is 6.39. The Hall–Kier alpha value is -3.60. The first kappa shape index (κ1) is 27.4. The van der Waals surface area contributed by atoms with Gasteiger partial charge < -0.3 is 9.64 Å². The van der Waals surface area contributed by atoms with Gasteiger partial charge in [-0.1, -0.05) is 35.9 Å². The lowest BCUT2D eigenvalue weighted by Gasteiger charge is -2.30. The molecule has 1 aromatic heterocycles. The van der Waals surface area contributed by atoms with Gasteiger partial charge in [-0.15, -0.1) is 13.2 Å². The summed E-state index contributed by atoms with van der Waals surface area (Å²) in [5.74, 6) is -0.737. The average molecular weight is 538 g/mol. The molecule has 1 N–H and O–H groups in total. The molecule has 5 nitrogen and oxygen atoms in total. The van der Waals surface area contributed by atoms with Crippen LogP contribution in [0.3, 0.4) is 0 Å². The Morgan fingerprint density at radius 2 is 1.66 bits per heavy atom. The molecule has 11 heteroatoms. The quantitative estimate of drug-likeness (QED) is 0.357. The highest BCUT2D eigenvalue weighted by molar-refractivity contribution is 6.00. The number of nitrogens with zero attached hydrogens (tertiary/aromatic N) is 2. The standard InChI is InChI=1S/C27H25F6N3O2/c1-16-5-4-6-17(13-16)22-14-21(35-25(2,3)18-7-12-23(34-15-18)26(28,29)30)24(37)36(22)19-8-10-20(11-9-19)38-27(31,32)33/h4-13,15,21-22,35H,14H2,1-3H3/t21-,22-/m1/s1. The third-order valence-electron chi connectivity index (χ3n) is 6.39. The lowest BCUT2D eigenvalue weighted by molar-refractivity contribution is -0.274. The van der Waals surface area contributed by atoms with E-state index in [1.165, 1.54) is 23.1 Å². The molecule has 0 unspecified atom stereocenters. The van der Waals surface area contributed by atoms with E-state index in [1.807, 2.05) is 31.2 Å². The Balaban J connectivity index is 1.63. The summed E-state index contributed by atoms with van der Waals surface area (Å²) >= 11 is 0. The van der Waals surface area contributed by atoms with Gasteiger partial charge in [-0.3, -0.25) is 15.1 Å². The number of halogens is 6. The molecule has 1 amide bonds. The highest BCUT2D eigenvalue weighted by Gasteiger charge is 2.43. The molecule has 0 radical (unpaired) electrons. The molecule has 2 atom stereocenters. The van der Waals surface area contributed by atoms with E-state index in [4.69, 9.17) is 0 Å². The van der Waals surface area contributed by atoms with E-state index in [-0.39, 0.29) is 5.91 Å². The van der Waals surface area contributed by atoms with E-state index in [0.717, 1.165) is 35.5 Å². The second-order valence-corrected chi connectivity index (χ2v) is 9.67. The van der Waals surface area contributed by atoms with Gasteiger partial charge in [0.2, 0.25) is 5.91 Å². The minimum Gasteiger partial charge on any atom is -0.406 e. The molecule has 4 rings (SSSR count). The number of pyridine rings is 1. The summed E-state index contributed by atoms with van der Waals surface area (Å²) in [7, 11) is 0. The molecular weight excluding hydrogens is 512 g/mol. The molecule has 0 aliphatic carbocycles. The van der Waals surface area contributed by atoms with Crippen molar-refractivity contribution < 1.29 is 35.9 Å². The van der Waals surface area contributed by atoms with Crippen LogP contribution in [0.5, 0.6) is 5.75 Å². The molecule has 3 aromatic rings. The summed E-state index contributed by atoms with van der Waals surface area (Å²) in [4.78, 5) is 18.7. The Bertz CT molecular complexity index is 1290. The van der Waals surface area contributed by atoms with Gasteiger partial charge in [0, 0.05) is 17.4 Å². The number of aryl methyl sites for hydroxylation is 1. The molecule has 0 spiro atoms. The molecule has 1 saturated heterocycles. The zero-order chi connectivity index (χ0) is 27.9. The van der Waals surface area contributed by atoms with Crippen LogP contribution in [0, 0.1) is 6.92 Å². The fourth-order valence-corrected chi connectivity index (χ4v) is 4.60. The van der Waals surface area contributed by atoms with Gasteiger partial charge in [0.1, 0.15) is 11.4 Å². The van der Waals surface area contributed by atoms with Gasteiger partial charge in [0.05, 0.1) is 12.1 Å². The van der Waals surface area contributed by atoms with E-state index in [0.29, 0.717) is 17.7 Å². The second kappa shape index (κ2) is 9.94. The van der Waals surface area contributed by atoms with Crippen molar-refractivity contribution in [3.05, 3.63) is 89.2 Å². The van der Waals surface area contributed by atoms with Crippen LogP contribution in [0.4, 0.5) is 32.0 Å². The van der Waals surface area contributed by atoms with Crippen molar-refractivity contribution in [1.29, 1.82) is 0 Å². The molecule has 2 aromatic carbocycles. The number of carbonyl (C=O) groups excluding carboxylic acids is 1. The minimum atomic E-state index is -4.84. The number of carbonyl (C=O) groups is 1. The number of amides is 1. The van der Waals surface area contributed by atoms with Gasteiger partial charge in [0.15, 0.2) is 0 Å². The van der Waals surface area contributed by atoms with Crippen LogP contribution in [-0.4, -0.2) is 23.3 Å². The van der Waals surface area contributed by atoms with Crippen molar-refractivity contribution in [2.75, 3.05) is 4.90 Å². The Morgan fingerprint density at radius 1 is 0.974 bits per heavy atom. The number of hydrogen-bond donors (Lipinski definition) is 1. The SMILES string of the molecule is Cc1cccc([C@H]2C[C@@H](NC(C)(C)c3ccc(C(F)(F)F)nc3)C(=O)N2c2ccc(OC(F)(F)F)cc2)c1. The number of aromatic nitrogens is 1. The first-order valence-corrected chi connectivity index (χ1v) is 11.7. The normalized spacial score (nSPS) is 18.7. The second-order valence-electron chi connectivity index (χ2n) is 9.67. The monoisotopic (exact) mass is 537 g/mol. The lowest BCUT2D eigenvalue weighted by atomic mass is 9.93. The molecule has 2 heterocycles. The highest BCUT2D eigenvalue weighted by Crippen LogP contribution is 2.40. The Labute approximate surface area is 215 Å². The topological polar surface area (TPSA) is 54.5 Å². The van der Waals surface area contributed by atoms with Gasteiger partial charge in [-0.2, -0.15) is 13.2 Å². The molecule has 0 saturated carbocycles. The fraction of sp³-hybridized carbons (Fsp3) is 0.333. The summed E-state index contributed by atoms with van der Waals surface area (Å²) < 4.78 is 80.6. The summed E-state index contributed by atoms with van der Waals surface area (Å²) in [6.07, 6.45) is -7.96. The zero-order valence-electron chi connectivity index (χ0n) is 20.7. The smallest absolute Gasteiger partial charge is 0.406 e. The summed E-state index contributed by atoms with van der Waals surface area (Å²) in [6.45, 7) is 5.38. The van der Waals surface area contributed by atoms with E-state index in [2.05, 4.69) is 15.0 Å². The average Bonchev–Trinajstić information content (AvgIpc) is 3.13. The van der Waals surface area contributed by atoms with Crippen LogP contribution in [0.15, 0.2) is 66.9 Å². The maximum Gasteiger partial charge on any atom is 0.573 e. The number of anilines is 1. The number of nitrogens with one attached hydrogen (secondary N) is 1. The van der Waals surface area contributed by atoms with Crippen LogP contribution < -0.4 is 15.0 Å². The van der Waals surface area contributed by atoms with Crippen molar-refractivity contribution in [2.24, 2.45) is 0 Å². The van der Waals surface area contributed by atoms with Crippen molar-refractivity contribution in [3.8, 4) is 5.75 Å². The van der Waals surface area contributed by atoms with Crippen molar-refractivity contribution in [1.82, 2.24) is 10.3 Å². The number of ether oxygens (including phenoxy) is 1. The fourth-order valence-electron chi connectivity index (χ4n) is 4.60. The van der Waals surface area contributed by atoms with E-state index in [1.54, 1.807) is 13.8 Å². The Morgan fingerprint density at radius 3 is 2.21 bits per heavy atom. The maximum atomic E-state index is 13.7. The Kier molecular flexibility index (Phi) is 7.17. The predicted molar refractivity (Wildman–Crippen MR) is 128 cm³/mol. The van der Waals surface area contributed by atoms with Crippen LogP contribution in [0.25, 0.3) is 0 Å². The van der Waals surface area contributed by atoms with Gasteiger partial charge in [-0.25, -0.2) is 0 Å². The van der Waals surface area contributed by atoms with Crippen molar-refractivity contribution in [3.63, 3.8) is 0 Å². The number of alkyl halides is 6.